The molecule has 140 valence electrons. The SMILES string of the molecule is Cc1cccc2nc(COC(=O)[C@H](c3ccc(Cl)cc3)C(C)C)cc(=O)n12. The average Bonchev–Trinajstić information content (AvgIpc) is 2.61. The first-order chi connectivity index (χ1) is 12.9. The van der Waals surface area contributed by atoms with E-state index in [2.05, 4.69) is 4.98 Å². The van der Waals surface area contributed by atoms with Gasteiger partial charge in [-0.3, -0.25) is 14.0 Å². The maximum atomic E-state index is 12.7. The minimum absolute atomic E-state index is 0.0463. The predicted octanol–water partition coefficient (Wildman–Crippen LogP) is 4.14. The monoisotopic (exact) mass is 384 g/mol. The fraction of sp³-hybridized carbons (Fsp3) is 0.286. The van der Waals surface area contributed by atoms with Gasteiger partial charge in [0.2, 0.25) is 0 Å². The van der Waals surface area contributed by atoms with Gasteiger partial charge in [-0.15, -0.1) is 0 Å². The van der Waals surface area contributed by atoms with E-state index in [1.165, 1.54) is 10.5 Å². The molecule has 0 aliphatic rings. The van der Waals surface area contributed by atoms with E-state index in [9.17, 15) is 9.59 Å². The number of pyridine rings is 1. The van der Waals surface area contributed by atoms with E-state index >= 15 is 0 Å². The Hall–Kier alpha value is -2.66. The number of nitrogens with zero attached hydrogens (tertiary/aromatic N) is 2. The lowest BCUT2D eigenvalue weighted by molar-refractivity contribution is -0.148. The molecule has 0 aliphatic heterocycles. The van der Waals surface area contributed by atoms with Gasteiger partial charge in [0.05, 0.1) is 11.6 Å². The highest BCUT2D eigenvalue weighted by molar-refractivity contribution is 6.30. The second-order valence-electron chi connectivity index (χ2n) is 6.83. The minimum Gasteiger partial charge on any atom is -0.459 e. The Kier molecular flexibility index (Phi) is 5.61. The Morgan fingerprint density at radius 1 is 1.19 bits per heavy atom. The third-order valence-corrected chi connectivity index (χ3v) is 4.70. The number of carbonyl (C=O) groups excluding carboxylic acids is 1. The van der Waals surface area contributed by atoms with Crippen molar-refractivity contribution in [1.29, 1.82) is 0 Å². The number of rotatable bonds is 5. The zero-order chi connectivity index (χ0) is 19.6. The lowest BCUT2D eigenvalue weighted by Gasteiger charge is -2.20. The molecule has 0 unspecified atom stereocenters. The van der Waals surface area contributed by atoms with Crippen LogP contribution in [-0.2, 0) is 16.1 Å². The molecular formula is C21H21ClN2O3. The van der Waals surface area contributed by atoms with Gasteiger partial charge in [0.25, 0.3) is 5.56 Å². The predicted molar refractivity (Wildman–Crippen MR) is 105 cm³/mol. The van der Waals surface area contributed by atoms with Crippen LogP contribution in [-0.4, -0.2) is 15.4 Å². The number of benzene rings is 1. The number of hydrogen-bond acceptors (Lipinski definition) is 4. The van der Waals surface area contributed by atoms with Gasteiger partial charge in [-0.05, 0) is 42.7 Å². The van der Waals surface area contributed by atoms with E-state index < -0.39 is 5.92 Å². The molecule has 1 atom stereocenters. The number of aromatic nitrogens is 2. The third kappa shape index (κ3) is 4.19. The summed E-state index contributed by atoms with van der Waals surface area (Å²) in [7, 11) is 0. The molecule has 5 nitrogen and oxygen atoms in total. The minimum atomic E-state index is -0.411. The third-order valence-electron chi connectivity index (χ3n) is 4.45. The van der Waals surface area contributed by atoms with Gasteiger partial charge >= 0.3 is 5.97 Å². The largest absolute Gasteiger partial charge is 0.459 e. The summed E-state index contributed by atoms with van der Waals surface area (Å²) in [6.07, 6.45) is 0. The summed E-state index contributed by atoms with van der Waals surface area (Å²) in [6, 6.07) is 14.0. The van der Waals surface area contributed by atoms with Gasteiger partial charge in [0, 0.05) is 16.8 Å². The Bertz CT molecular complexity index is 1030. The van der Waals surface area contributed by atoms with E-state index in [-0.39, 0.29) is 24.1 Å². The number of halogens is 1. The van der Waals surface area contributed by atoms with Gasteiger partial charge in [-0.1, -0.05) is 43.6 Å². The number of ether oxygens (including phenoxy) is 1. The van der Waals surface area contributed by atoms with Gasteiger partial charge in [-0.2, -0.15) is 0 Å². The number of fused-ring (bicyclic) bond motifs is 1. The zero-order valence-corrected chi connectivity index (χ0v) is 16.2. The highest BCUT2D eigenvalue weighted by Crippen LogP contribution is 2.27. The summed E-state index contributed by atoms with van der Waals surface area (Å²) in [5.41, 5.74) is 2.42. The quantitative estimate of drug-likeness (QED) is 0.620. The van der Waals surface area contributed by atoms with Crippen LogP contribution in [0.4, 0.5) is 0 Å². The fourth-order valence-corrected chi connectivity index (χ4v) is 3.26. The molecule has 3 rings (SSSR count). The van der Waals surface area contributed by atoms with Crippen molar-refractivity contribution in [2.75, 3.05) is 0 Å². The van der Waals surface area contributed by atoms with Crippen molar-refractivity contribution in [3.63, 3.8) is 0 Å². The summed E-state index contributed by atoms with van der Waals surface area (Å²) in [5, 5.41) is 0.616. The first-order valence-electron chi connectivity index (χ1n) is 8.77. The maximum absolute atomic E-state index is 12.7. The van der Waals surface area contributed by atoms with Crippen LogP contribution in [0.25, 0.3) is 5.65 Å². The van der Waals surface area contributed by atoms with Crippen molar-refractivity contribution < 1.29 is 9.53 Å². The number of esters is 1. The molecule has 0 saturated heterocycles. The van der Waals surface area contributed by atoms with Crippen LogP contribution >= 0.6 is 11.6 Å². The van der Waals surface area contributed by atoms with Gasteiger partial charge < -0.3 is 4.74 Å². The van der Waals surface area contributed by atoms with E-state index in [1.807, 2.05) is 45.0 Å². The summed E-state index contributed by atoms with van der Waals surface area (Å²) in [4.78, 5) is 29.4. The fourth-order valence-electron chi connectivity index (χ4n) is 3.14. The van der Waals surface area contributed by atoms with Crippen LogP contribution in [0.5, 0.6) is 0 Å². The highest BCUT2D eigenvalue weighted by Gasteiger charge is 2.26. The average molecular weight is 385 g/mol. The van der Waals surface area contributed by atoms with Gasteiger partial charge in [0.1, 0.15) is 12.3 Å². The Morgan fingerprint density at radius 3 is 2.56 bits per heavy atom. The van der Waals surface area contributed by atoms with E-state index in [4.69, 9.17) is 16.3 Å². The van der Waals surface area contributed by atoms with Crippen molar-refractivity contribution in [1.82, 2.24) is 9.38 Å². The van der Waals surface area contributed by atoms with Crippen molar-refractivity contribution >= 4 is 23.2 Å². The molecule has 0 spiro atoms. The maximum Gasteiger partial charge on any atom is 0.314 e. The first kappa shape index (κ1) is 19.1. The van der Waals surface area contributed by atoms with Crippen LogP contribution < -0.4 is 5.56 Å². The smallest absolute Gasteiger partial charge is 0.314 e. The lowest BCUT2D eigenvalue weighted by Crippen LogP contribution is -2.22. The molecule has 1 aromatic carbocycles. The van der Waals surface area contributed by atoms with Gasteiger partial charge in [0.15, 0.2) is 0 Å². The molecule has 0 aliphatic carbocycles. The number of carbonyl (C=O) groups is 1. The lowest BCUT2D eigenvalue weighted by atomic mass is 9.88. The second kappa shape index (κ2) is 7.92. The van der Waals surface area contributed by atoms with Crippen LogP contribution in [0.1, 0.15) is 36.7 Å². The molecular weight excluding hydrogens is 364 g/mol. The first-order valence-corrected chi connectivity index (χ1v) is 9.15. The molecule has 2 heterocycles. The molecule has 0 amide bonds. The van der Waals surface area contributed by atoms with Crippen molar-refractivity contribution in [3.8, 4) is 0 Å². The topological polar surface area (TPSA) is 60.7 Å². The number of aryl methyl sites for hydroxylation is 1. The van der Waals surface area contributed by atoms with E-state index in [0.717, 1.165) is 11.3 Å². The Morgan fingerprint density at radius 2 is 1.89 bits per heavy atom. The zero-order valence-electron chi connectivity index (χ0n) is 15.5. The van der Waals surface area contributed by atoms with Crippen LogP contribution in [0, 0.1) is 12.8 Å². The van der Waals surface area contributed by atoms with E-state index in [0.29, 0.717) is 16.4 Å². The van der Waals surface area contributed by atoms with E-state index in [1.54, 1.807) is 18.2 Å². The molecule has 6 heteroatoms. The van der Waals surface area contributed by atoms with Crippen LogP contribution in [0.2, 0.25) is 5.02 Å². The molecule has 2 aromatic heterocycles. The highest BCUT2D eigenvalue weighted by atomic mass is 35.5. The second-order valence-corrected chi connectivity index (χ2v) is 7.26. The standard InChI is InChI=1S/C21H21ClN2O3/c1-13(2)20(15-7-9-16(22)10-8-15)21(26)27-12-17-11-19(25)24-14(3)5-4-6-18(24)23-17/h4-11,13,20H,12H2,1-3H3/t20-/m0/s1. The van der Waals surface area contributed by atoms with Crippen molar-refractivity contribution in [3.05, 3.63) is 80.9 Å². The summed E-state index contributed by atoms with van der Waals surface area (Å²) >= 11 is 5.93. The molecule has 27 heavy (non-hydrogen) atoms. The summed E-state index contributed by atoms with van der Waals surface area (Å²) in [5.74, 6) is -0.707. The molecule has 0 N–H and O–H groups in total. The molecule has 3 aromatic rings. The molecule has 0 fully saturated rings. The van der Waals surface area contributed by atoms with Crippen molar-refractivity contribution in [2.45, 2.75) is 33.3 Å². The summed E-state index contributed by atoms with van der Waals surface area (Å²) < 4.78 is 7.01. The Labute approximate surface area is 162 Å². The normalized spacial score (nSPS) is 12.3. The number of hydrogen-bond donors (Lipinski definition) is 0. The van der Waals surface area contributed by atoms with Crippen molar-refractivity contribution in [2.24, 2.45) is 5.92 Å². The molecule has 0 bridgehead atoms. The summed E-state index contributed by atoms with van der Waals surface area (Å²) in [6.45, 7) is 5.72. The molecule has 0 radical (unpaired) electrons. The van der Waals surface area contributed by atoms with Crippen LogP contribution in [0.3, 0.4) is 0 Å². The Balaban J connectivity index is 1.80. The van der Waals surface area contributed by atoms with Crippen LogP contribution in [0.15, 0.2) is 53.3 Å². The molecule has 0 saturated carbocycles. The van der Waals surface area contributed by atoms with Gasteiger partial charge in [-0.25, -0.2) is 4.98 Å².